The highest BCUT2D eigenvalue weighted by Crippen LogP contribution is 2.50. The van der Waals surface area contributed by atoms with Gasteiger partial charge in [-0.1, -0.05) is 53.7 Å². The number of carbonyl (C=O) groups excluding carboxylic acids is 2. The zero-order chi connectivity index (χ0) is 22.3. The molecule has 2 atom stereocenters. The average Bonchev–Trinajstić information content (AvgIpc) is 3.37. The number of ether oxygens (including phenoxy) is 2. The van der Waals surface area contributed by atoms with E-state index in [1.807, 2.05) is 18.2 Å². The third-order valence-electron chi connectivity index (χ3n) is 5.88. The van der Waals surface area contributed by atoms with Crippen LogP contribution in [0.4, 0.5) is 5.69 Å². The molecule has 1 spiro atoms. The van der Waals surface area contributed by atoms with Crippen molar-refractivity contribution in [1.29, 1.82) is 0 Å². The molecular formula is C25H20N2O5. The van der Waals surface area contributed by atoms with E-state index in [0.29, 0.717) is 39.6 Å². The Kier molecular flexibility index (Phi) is 4.66. The third kappa shape index (κ3) is 2.78. The number of fused-ring (bicyclic) bond motifs is 2. The molecule has 3 aromatic rings. The van der Waals surface area contributed by atoms with Crippen LogP contribution < -0.4 is 14.8 Å². The van der Waals surface area contributed by atoms with E-state index < -0.39 is 17.4 Å². The molecule has 7 nitrogen and oxygen atoms in total. The van der Waals surface area contributed by atoms with Crippen molar-refractivity contribution in [3.8, 4) is 11.5 Å². The number of rotatable bonds is 5. The van der Waals surface area contributed by atoms with Crippen LogP contribution in [-0.4, -0.2) is 31.6 Å². The Morgan fingerprint density at radius 1 is 0.969 bits per heavy atom. The number of oxime groups is 1. The maximum atomic E-state index is 13.8. The van der Waals surface area contributed by atoms with Gasteiger partial charge in [-0.25, -0.2) is 0 Å². The second kappa shape index (κ2) is 7.53. The van der Waals surface area contributed by atoms with Crippen molar-refractivity contribution in [2.45, 2.75) is 5.60 Å². The summed E-state index contributed by atoms with van der Waals surface area (Å²) in [5.74, 6) is -0.654. The van der Waals surface area contributed by atoms with Gasteiger partial charge in [-0.2, -0.15) is 0 Å². The number of nitrogens with one attached hydrogen (secondary N) is 1. The fourth-order valence-electron chi connectivity index (χ4n) is 4.34. The van der Waals surface area contributed by atoms with E-state index in [9.17, 15) is 9.59 Å². The molecule has 0 saturated carbocycles. The number of benzene rings is 3. The SMILES string of the molecule is COc1ccc(C2=NO[C@@]3(C(=O)Nc4ccccc43)[C@@H]2C(=O)c2ccccc2)cc1OC. The first-order valence-electron chi connectivity index (χ1n) is 10.1. The van der Waals surface area contributed by atoms with Crippen molar-refractivity contribution in [2.24, 2.45) is 11.1 Å². The maximum Gasteiger partial charge on any atom is 0.277 e. The van der Waals surface area contributed by atoms with Gasteiger partial charge in [-0.3, -0.25) is 9.59 Å². The molecule has 1 N–H and O–H groups in total. The Labute approximate surface area is 184 Å². The number of Topliss-reactive ketones (excluding diaryl/α,β-unsaturated/α-hetero) is 1. The molecule has 3 aromatic carbocycles. The van der Waals surface area contributed by atoms with Gasteiger partial charge in [0.1, 0.15) is 11.6 Å². The Morgan fingerprint density at radius 2 is 1.69 bits per heavy atom. The van der Waals surface area contributed by atoms with E-state index >= 15 is 0 Å². The summed E-state index contributed by atoms with van der Waals surface area (Å²) >= 11 is 0. The molecule has 7 heteroatoms. The second-order valence-corrected chi connectivity index (χ2v) is 7.54. The van der Waals surface area contributed by atoms with E-state index in [-0.39, 0.29) is 5.78 Å². The summed E-state index contributed by atoms with van der Waals surface area (Å²) in [6.45, 7) is 0. The molecule has 0 aliphatic carbocycles. The van der Waals surface area contributed by atoms with E-state index in [0.717, 1.165) is 0 Å². The first-order chi connectivity index (χ1) is 15.6. The normalized spacial score (nSPS) is 20.9. The summed E-state index contributed by atoms with van der Waals surface area (Å²) in [5, 5.41) is 7.13. The minimum absolute atomic E-state index is 0.261. The predicted octanol–water partition coefficient (Wildman–Crippen LogP) is 3.78. The number of hydrogen-bond donors (Lipinski definition) is 1. The van der Waals surface area contributed by atoms with Gasteiger partial charge in [-0.05, 0) is 24.3 Å². The second-order valence-electron chi connectivity index (χ2n) is 7.54. The molecule has 0 bridgehead atoms. The third-order valence-corrected chi connectivity index (χ3v) is 5.88. The summed E-state index contributed by atoms with van der Waals surface area (Å²) < 4.78 is 10.8. The lowest BCUT2D eigenvalue weighted by atomic mass is 9.74. The molecule has 32 heavy (non-hydrogen) atoms. The minimum atomic E-state index is -1.59. The van der Waals surface area contributed by atoms with E-state index in [2.05, 4.69) is 10.5 Å². The number of amides is 1. The first-order valence-corrected chi connectivity index (χ1v) is 10.1. The van der Waals surface area contributed by atoms with Crippen molar-refractivity contribution >= 4 is 23.1 Å². The van der Waals surface area contributed by atoms with Crippen molar-refractivity contribution in [3.63, 3.8) is 0 Å². The van der Waals surface area contributed by atoms with Crippen molar-refractivity contribution in [2.75, 3.05) is 19.5 Å². The smallest absolute Gasteiger partial charge is 0.277 e. The highest BCUT2D eigenvalue weighted by Gasteiger charge is 2.63. The molecule has 0 unspecified atom stereocenters. The fourth-order valence-corrected chi connectivity index (χ4v) is 4.34. The molecule has 2 aliphatic rings. The number of para-hydroxylation sites is 1. The van der Waals surface area contributed by atoms with Crippen LogP contribution in [0.15, 0.2) is 78.0 Å². The van der Waals surface area contributed by atoms with Gasteiger partial charge in [0.25, 0.3) is 11.5 Å². The molecule has 1 amide bonds. The molecule has 0 aromatic heterocycles. The molecule has 0 saturated heterocycles. The standard InChI is InChI=1S/C25H20N2O5/c1-30-19-13-12-16(14-20(19)31-2)22-21(23(28)15-8-4-3-5-9-15)25(32-27-22)17-10-6-7-11-18(17)26-24(25)29/h3-14,21H,1-2H3,(H,26,29)/t21-,25+/m0/s1. The van der Waals surface area contributed by atoms with Crippen LogP contribution in [-0.2, 0) is 15.2 Å². The maximum absolute atomic E-state index is 13.8. The van der Waals surface area contributed by atoms with Crippen LogP contribution in [0, 0.1) is 5.92 Å². The van der Waals surface area contributed by atoms with Gasteiger partial charge in [0.05, 0.1) is 14.2 Å². The van der Waals surface area contributed by atoms with Gasteiger partial charge >= 0.3 is 0 Å². The number of hydrogen-bond acceptors (Lipinski definition) is 6. The van der Waals surface area contributed by atoms with E-state index in [1.54, 1.807) is 61.7 Å². The van der Waals surface area contributed by atoms with Gasteiger partial charge in [0.2, 0.25) is 0 Å². The Bertz CT molecular complexity index is 1250. The summed E-state index contributed by atoms with van der Waals surface area (Å²) in [5.41, 5.74) is 1.02. The van der Waals surface area contributed by atoms with Gasteiger partial charge in [0, 0.05) is 22.4 Å². The number of anilines is 1. The van der Waals surface area contributed by atoms with Crippen LogP contribution in [0.3, 0.4) is 0 Å². The van der Waals surface area contributed by atoms with Crippen LogP contribution in [0.1, 0.15) is 21.5 Å². The molecule has 2 aliphatic heterocycles. The highest BCUT2D eigenvalue weighted by molar-refractivity contribution is 6.24. The lowest BCUT2D eigenvalue weighted by Crippen LogP contribution is -2.46. The Morgan fingerprint density at radius 3 is 2.44 bits per heavy atom. The largest absolute Gasteiger partial charge is 0.493 e. The quantitative estimate of drug-likeness (QED) is 0.625. The first kappa shape index (κ1) is 19.8. The Hall–Kier alpha value is -4.13. The molecular weight excluding hydrogens is 408 g/mol. The zero-order valence-corrected chi connectivity index (χ0v) is 17.5. The Balaban J connectivity index is 1.69. The number of carbonyl (C=O) groups is 2. The van der Waals surface area contributed by atoms with Gasteiger partial charge in [0.15, 0.2) is 17.3 Å². The van der Waals surface area contributed by atoms with Crippen LogP contribution in [0.2, 0.25) is 0 Å². The van der Waals surface area contributed by atoms with E-state index in [1.165, 1.54) is 7.11 Å². The predicted molar refractivity (Wildman–Crippen MR) is 118 cm³/mol. The number of methoxy groups -OCH3 is 2. The van der Waals surface area contributed by atoms with Crippen molar-refractivity contribution < 1.29 is 23.9 Å². The summed E-state index contributed by atoms with van der Waals surface area (Å²) in [6, 6.07) is 21.3. The lowest BCUT2D eigenvalue weighted by Gasteiger charge is -2.26. The molecule has 5 rings (SSSR count). The summed E-state index contributed by atoms with van der Waals surface area (Å²) in [6.07, 6.45) is 0. The lowest BCUT2D eigenvalue weighted by molar-refractivity contribution is -0.140. The molecule has 160 valence electrons. The highest BCUT2D eigenvalue weighted by atomic mass is 16.7. The number of ketones is 1. The fraction of sp³-hybridized carbons (Fsp3) is 0.160. The monoisotopic (exact) mass is 428 g/mol. The van der Waals surface area contributed by atoms with Crippen molar-refractivity contribution in [3.05, 3.63) is 89.5 Å². The minimum Gasteiger partial charge on any atom is -0.493 e. The molecule has 2 heterocycles. The summed E-state index contributed by atoms with van der Waals surface area (Å²) in [4.78, 5) is 33.0. The zero-order valence-electron chi connectivity index (χ0n) is 17.5. The summed E-state index contributed by atoms with van der Waals surface area (Å²) in [7, 11) is 3.08. The number of nitrogens with zero attached hydrogens (tertiary/aromatic N) is 1. The van der Waals surface area contributed by atoms with Crippen LogP contribution in [0.5, 0.6) is 11.5 Å². The molecule has 0 fully saturated rings. The van der Waals surface area contributed by atoms with E-state index in [4.69, 9.17) is 14.3 Å². The van der Waals surface area contributed by atoms with Crippen LogP contribution >= 0.6 is 0 Å². The van der Waals surface area contributed by atoms with Crippen LogP contribution in [0.25, 0.3) is 0 Å². The van der Waals surface area contributed by atoms with Gasteiger partial charge in [-0.15, -0.1) is 0 Å². The average molecular weight is 428 g/mol. The van der Waals surface area contributed by atoms with Gasteiger partial charge < -0.3 is 19.6 Å². The van der Waals surface area contributed by atoms with Crippen molar-refractivity contribution in [1.82, 2.24) is 0 Å². The molecule has 0 radical (unpaired) electrons. The topological polar surface area (TPSA) is 86.2 Å².